The smallest absolute Gasteiger partial charge is 0.348 e. The van der Waals surface area contributed by atoms with Gasteiger partial charge in [-0.3, -0.25) is 10.1 Å². The molecular formula is C17H18F3N5O2. The molecule has 144 valence electrons. The third kappa shape index (κ3) is 3.93. The summed E-state index contributed by atoms with van der Waals surface area (Å²) < 4.78 is 39.7. The first-order chi connectivity index (χ1) is 12.8. The first-order valence-corrected chi connectivity index (χ1v) is 8.48. The highest BCUT2D eigenvalue weighted by atomic mass is 19.4. The monoisotopic (exact) mass is 381 g/mol. The van der Waals surface area contributed by atoms with Crippen LogP contribution in [0.15, 0.2) is 30.6 Å². The fourth-order valence-corrected chi connectivity index (χ4v) is 3.22. The number of halogens is 3. The van der Waals surface area contributed by atoms with E-state index in [0.717, 1.165) is 31.7 Å². The molecule has 0 amide bonds. The molecule has 1 saturated heterocycles. The first kappa shape index (κ1) is 18.9. The van der Waals surface area contributed by atoms with E-state index >= 15 is 0 Å². The number of nitro groups is 1. The normalized spacial score (nSPS) is 17.6. The van der Waals surface area contributed by atoms with Crippen LogP contribution in [-0.4, -0.2) is 27.5 Å². The summed E-state index contributed by atoms with van der Waals surface area (Å²) in [6.45, 7) is 2.54. The summed E-state index contributed by atoms with van der Waals surface area (Å²) in [4.78, 5) is 20.8. The second-order valence-corrected chi connectivity index (χ2v) is 6.36. The largest absolute Gasteiger partial charge is 0.418 e. The van der Waals surface area contributed by atoms with Crippen molar-refractivity contribution in [3.8, 4) is 0 Å². The Balaban J connectivity index is 2.05. The number of rotatable bonds is 4. The topological polar surface area (TPSA) is 84.2 Å². The van der Waals surface area contributed by atoms with Gasteiger partial charge in [0.05, 0.1) is 16.2 Å². The zero-order valence-corrected chi connectivity index (χ0v) is 14.5. The average Bonchev–Trinajstić information content (AvgIpc) is 2.61. The zero-order chi connectivity index (χ0) is 19.6. The van der Waals surface area contributed by atoms with Crippen molar-refractivity contribution in [1.82, 2.24) is 9.97 Å². The van der Waals surface area contributed by atoms with Gasteiger partial charge in [0.1, 0.15) is 6.33 Å². The molecule has 1 aliphatic heterocycles. The summed E-state index contributed by atoms with van der Waals surface area (Å²) in [5.74, 6) is -0.145. The highest BCUT2D eigenvalue weighted by Crippen LogP contribution is 2.39. The van der Waals surface area contributed by atoms with Gasteiger partial charge in [0.2, 0.25) is 11.6 Å². The van der Waals surface area contributed by atoms with Gasteiger partial charge in [-0.05, 0) is 38.3 Å². The van der Waals surface area contributed by atoms with Gasteiger partial charge in [-0.15, -0.1) is 0 Å². The van der Waals surface area contributed by atoms with Crippen LogP contribution < -0.4 is 10.2 Å². The van der Waals surface area contributed by atoms with Crippen molar-refractivity contribution in [2.75, 3.05) is 16.8 Å². The molecule has 0 spiro atoms. The first-order valence-electron chi connectivity index (χ1n) is 8.48. The third-order valence-corrected chi connectivity index (χ3v) is 4.55. The molecule has 0 aliphatic carbocycles. The van der Waals surface area contributed by atoms with E-state index in [0.29, 0.717) is 6.54 Å². The predicted octanol–water partition coefficient (Wildman–Crippen LogP) is 4.53. The number of para-hydroxylation sites is 1. The molecule has 7 nitrogen and oxygen atoms in total. The summed E-state index contributed by atoms with van der Waals surface area (Å²) in [6, 6.07) is 4.82. The maximum Gasteiger partial charge on any atom is 0.418 e. The lowest BCUT2D eigenvalue weighted by atomic mass is 10.0. The van der Waals surface area contributed by atoms with Crippen LogP contribution in [0.25, 0.3) is 0 Å². The Bertz CT molecular complexity index is 844. The van der Waals surface area contributed by atoms with Crippen LogP contribution in [0, 0.1) is 10.1 Å². The van der Waals surface area contributed by atoms with Crippen LogP contribution in [-0.2, 0) is 6.18 Å². The molecule has 1 N–H and O–H groups in total. The maximum atomic E-state index is 13.2. The standard InChI is InChI=1S/C17H18F3N5O2/c1-11-6-4-5-9-24(11)16-14(25(26)27)15(21-10-22-16)23-13-8-3-2-7-12(13)17(18,19)20/h2-3,7-8,10-11H,4-6,9H2,1H3,(H,21,22,23). The van der Waals surface area contributed by atoms with Crippen molar-refractivity contribution in [1.29, 1.82) is 0 Å². The van der Waals surface area contributed by atoms with E-state index in [9.17, 15) is 23.3 Å². The Morgan fingerprint density at radius 1 is 1.26 bits per heavy atom. The Morgan fingerprint density at radius 2 is 2.00 bits per heavy atom. The van der Waals surface area contributed by atoms with Crippen molar-refractivity contribution in [2.24, 2.45) is 0 Å². The summed E-state index contributed by atoms with van der Waals surface area (Å²) in [6.07, 6.45) is -0.732. The second-order valence-electron chi connectivity index (χ2n) is 6.36. The maximum absolute atomic E-state index is 13.2. The lowest BCUT2D eigenvalue weighted by Crippen LogP contribution is -2.38. The minimum atomic E-state index is -4.60. The summed E-state index contributed by atoms with van der Waals surface area (Å²) in [5.41, 5.74) is -1.65. The molecule has 1 atom stereocenters. The third-order valence-electron chi connectivity index (χ3n) is 4.55. The minimum Gasteiger partial charge on any atom is -0.348 e. The molecule has 1 unspecified atom stereocenters. The SMILES string of the molecule is CC1CCCCN1c1ncnc(Nc2ccccc2C(F)(F)F)c1[N+](=O)[O-]. The molecule has 1 fully saturated rings. The fraction of sp³-hybridized carbons (Fsp3) is 0.412. The van der Waals surface area contributed by atoms with Crippen molar-refractivity contribution < 1.29 is 18.1 Å². The Hall–Kier alpha value is -2.91. The molecule has 1 aromatic carbocycles. The fourth-order valence-electron chi connectivity index (χ4n) is 3.22. The van der Waals surface area contributed by atoms with Crippen LogP contribution >= 0.6 is 0 Å². The van der Waals surface area contributed by atoms with Crippen LogP contribution in [0.2, 0.25) is 0 Å². The van der Waals surface area contributed by atoms with Crippen LogP contribution in [0.4, 0.5) is 36.2 Å². The van der Waals surface area contributed by atoms with Gasteiger partial charge >= 0.3 is 11.9 Å². The molecule has 0 radical (unpaired) electrons. The van der Waals surface area contributed by atoms with E-state index in [1.54, 1.807) is 0 Å². The molecule has 3 rings (SSSR count). The summed E-state index contributed by atoms with van der Waals surface area (Å²) in [7, 11) is 0. The number of hydrogen-bond donors (Lipinski definition) is 1. The van der Waals surface area contributed by atoms with Gasteiger partial charge in [0.25, 0.3) is 0 Å². The zero-order valence-electron chi connectivity index (χ0n) is 14.5. The van der Waals surface area contributed by atoms with Crippen molar-refractivity contribution in [3.05, 3.63) is 46.3 Å². The van der Waals surface area contributed by atoms with E-state index in [1.165, 1.54) is 18.2 Å². The van der Waals surface area contributed by atoms with Crippen LogP contribution in [0.1, 0.15) is 31.7 Å². The number of nitrogens with zero attached hydrogens (tertiary/aromatic N) is 4. The molecule has 1 aliphatic rings. The van der Waals surface area contributed by atoms with Gasteiger partial charge in [-0.2, -0.15) is 13.2 Å². The second kappa shape index (κ2) is 7.37. The molecule has 2 heterocycles. The van der Waals surface area contributed by atoms with Gasteiger partial charge in [0, 0.05) is 12.6 Å². The highest BCUT2D eigenvalue weighted by Gasteiger charge is 2.35. The van der Waals surface area contributed by atoms with Crippen LogP contribution in [0.5, 0.6) is 0 Å². The number of nitrogens with one attached hydrogen (secondary N) is 1. The van der Waals surface area contributed by atoms with Gasteiger partial charge in [-0.25, -0.2) is 9.97 Å². The average molecular weight is 381 g/mol. The number of aromatic nitrogens is 2. The van der Waals surface area contributed by atoms with Gasteiger partial charge < -0.3 is 10.2 Å². The highest BCUT2D eigenvalue weighted by molar-refractivity contribution is 5.75. The molecule has 1 aromatic heterocycles. The molecule has 0 bridgehead atoms. The number of alkyl halides is 3. The molecule has 10 heteroatoms. The predicted molar refractivity (Wildman–Crippen MR) is 94.1 cm³/mol. The molecule has 0 saturated carbocycles. The molecule has 27 heavy (non-hydrogen) atoms. The van der Waals surface area contributed by atoms with E-state index < -0.39 is 22.4 Å². The number of piperidine rings is 1. The Kier molecular flexibility index (Phi) is 5.15. The van der Waals surface area contributed by atoms with E-state index in [-0.39, 0.29) is 23.4 Å². The quantitative estimate of drug-likeness (QED) is 0.619. The lowest BCUT2D eigenvalue weighted by molar-refractivity contribution is -0.383. The lowest BCUT2D eigenvalue weighted by Gasteiger charge is -2.33. The number of hydrogen-bond acceptors (Lipinski definition) is 6. The Morgan fingerprint density at radius 3 is 2.67 bits per heavy atom. The summed E-state index contributed by atoms with van der Waals surface area (Å²) >= 11 is 0. The van der Waals surface area contributed by atoms with Crippen molar-refractivity contribution in [2.45, 2.75) is 38.4 Å². The van der Waals surface area contributed by atoms with E-state index in [1.807, 2.05) is 11.8 Å². The number of benzene rings is 1. The minimum absolute atomic E-state index is 0.0441. The number of anilines is 3. The van der Waals surface area contributed by atoms with Crippen molar-refractivity contribution >= 4 is 23.0 Å². The Labute approximate surface area is 153 Å². The molecular weight excluding hydrogens is 363 g/mol. The van der Waals surface area contributed by atoms with E-state index in [2.05, 4.69) is 15.3 Å². The van der Waals surface area contributed by atoms with Crippen LogP contribution in [0.3, 0.4) is 0 Å². The van der Waals surface area contributed by atoms with Crippen molar-refractivity contribution in [3.63, 3.8) is 0 Å². The van der Waals surface area contributed by atoms with E-state index in [4.69, 9.17) is 0 Å². The van der Waals surface area contributed by atoms with Gasteiger partial charge in [-0.1, -0.05) is 12.1 Å². The van der Waals surface area contributed by atoms with Gasteiger partial charge in [0.15, 0.2) is 0 Å². The summed E-state index contributed by atoms with van der Waals surface area (Å²) in [5, 5.41) is 14.2. The molecule has 2 aromatic rings.